The average Bonchev–Trinajstić information content (AvgIpc) is 1.96. The van der Waals surface area contributed by atoms with E-state index < -0.39 is 0 Å². The molecular formula is C8H17N3S. The highest BCUT2D eigenvalue weighted by Crippen LogP contribution is 2.03. The Kier molecular flexibility index (Phi) is 5.62. The minimum absolute atomic E-state index is 0.221. The lowest BCUT2D eigenvalue weighted by molar-refractivity contribution is 0.602. The van der Waals surface area contributed by atoms with Crippen LogP contribution in [0, 0.1) is 5.92 Å². The first kappa shape index (κ1) is 11.4. The highest BCUT2D eigenvalue weighted by molar-refractivity contribution is 7.80. The van der Waals surface area contributed by atoms with Crippen LogP contribution in [0.1, 0.15) is 33.6 Å². The highest BCUT2D eigenvalue weighted by Gasteiger charge is 1.96. The van der Waals surface area contributed by atoms with Gasteiger partial charge in [0.15, 0.2) is 5.11 Å². The molecule has 0 amide bonds. The number of nitrogens with one attached hydrogen (secondary N) is 1. The standard InChI is InChI=1S/C8H17N3S/c1-6(2)4-5-7(3)10-11-8(9)12/h6H,4-5H2,1-3H3,(H3,9,11,12). The SMILES string of the molecule is CC(CCC(C)C)=NNC(N)=S. The summed E-state index contributed by atoms with van der Waals surface area (Å²) in [4.78, 5) is 0. The quantitative estimate of drug-likeness (QED) is 0.399. The zero-order chi connectivity index (χ0) is 9.56. The largest absolute Gasteiger partial charge is 0.375 e. The maximum atomic E-state index is 5.21. The van der Waals surface area contributed by atoms with Crippen LogP contribution in [0.5, 0.6) is 0 Å². The van der Waals surface area contributed by atoms with Gasteiger partial charge < -0.3 is 5.73 Å². The van der Waals surface area contributed by atoms with Crippen molar-refractivity contribution in [3.63, 3.8) is 0 Å². The van der Waals surface area contributed by atoms with Gasteiger partial charge in [0, 0.05) is 5.71 Å². The van der Waals surface area contributed by atoms with E-state index in [1.165, 1.54) is 0 Å². The summed E-state index contributed by atoms with van der Waals surface area (Å²) in [5.41, 5.74) is 8.81. The molecule has 0 aromatic rings. The number of nitrogens with two attached hydrogens (primary N) is 1. The van der Waals surface area contributed by atoms with E-state index in [0.717, 1.165) is 18.6 Å². The van der Waals surface area contributed by atoms with Gasteiger partial charge in [0.05, 0.1) is 0 Å². The monoisotopic (exact) mass is 187 g/mol. The van der Waals surface area contributed by atoms with E-state index in [0.29, 0.717) is 5.92 Å². The molecule has 0 aliphatic heterocycles. The van der Waals surface area contributed by atoms with Crippen molar-refractivity contribution in [3.8, 4) is 0 Å². The summed E-state index contributed by atoms with van der Waals surface area (Å²) in [6, 6.07) is 0. The second-order valence-corrected chi connectivity index (χ2v) is 3.70. The third-order valence-corrected chi connectivity index (χ3v) is 1.53. The summed E-state index contributed by atoms with van der Waals surface area (Å²) in [5, 5.41) is 4.22. The summed E-state index contributed by atoms with van der Waals surface area (Å²) in [6.45, 7) is 6.34. The minimum atomic E-state index is 0.221. The molecule has 0 spiro atoms. The van der Waals surface area contributed by atoms with Crippen LogP contribution in [-0.2, 0) is 0 Å². The lowest BCUT2D eigenvalue weighted by Crippen LogP contribution is -2.25. The summed E-state index contributed by atoms with van der Waals surface area (Å²) in [7, 11) is 0. The van der Waals surface area contributed by atoms with Gasteiger partial charge in [-0.15, -0.1) is 0 Å². The van der Waals surface area contributed by atoms with E-state index in [1.54, 1.807) is 0 Å². The van der Waals surface area contributed by atoms with Crippen molar-refractivity contribution >= 4 is 23.0 Å². The Bertz CT molecular complexity index is 175. The molecule has 0 aliphatic rings. The van der Waals surface area contributed by atoms with Crippen molar-refractivity contribution in [1.29, 1.82) is 0 Å². The Morgan fingerprint density at radius 2 is 2.17 bits per heavy atom. The van der Waals surface area contributed by atoms with Crippen LogP contribution >= 0.6 is 12.2 Å². The molecule has 4 heteroatoms. The summed E-state index contributed by atoms with van der Waals surface area (Å²) in [5.74, 6) is 0.708. The minimum Gasteiger partial charge on any atom is -0.375 e. The van der Waals surface area contributed by atoms with E-state index in [-0.39, 0.29) is 5.11 Å². The van der Waals surface area contributed by atoms with Crippen LogP contribution in [0.15, 0.2) is 5.10 Å². The smallest absolute Gasteiger partial charge is 0.184 e. The Balaban J connectivity index is 3.63. The van der Waals surface area contributed by atoms with Gasteiger partial charge in [-0.1, -0.05) is 13.8 Å². The van der Waals surface area contributed by atoms with Crippen LogP contribution < -0.4 is 11.2 Å². The molecule has 0 unspecified atom stereocenters. The van der Waals surface area contributed by atoms with Gasteiger partial charge in [-0.05, 0) is 37.9 Å². The van der Waals surface area contributed by atoms with E-state index in [9.17, 15) is 0 Å². The van der Waals surface area contributed by atoms with Crippen molar-refractivity contribution in [2.75, 3.05) is 0 Å². The van der Waals surface area contributed by atoms with Crippen LogP contribution in [0.3, 0.4) is 0 Å². The van der Waals surface area contributed by atoms with Crippen LogP contribution in [0.4, 0.5) is 0 Å². The van der Waals surface area contributed by atoms with Gasteiger partial charge in [-0.25, -0.2) is 0 Å². The normalized spacial score (nSPS) is 11.8. The molecule has 0 aromatic heterocycles. The van der Waals surface area contributed by atoms with Crippen molar-refractivity contribution in [3.05, 3.63) is 0 Å². The maximum Gasteiger partial charge on any atom is 0.184 e. The molecule has 70 valence electrons. The molecular weight excluding hydrogens is 170 g/mol. The molecule has 0 saturated carbocycles. The fourth-order valence-electron chi connectivity index (χ4n) is 0.704. The predicted octanol–water partition coefficient (Wildman–Crippen LogP) is 1.63. The fraction of sp³-hybridized carbons (Fsp3) is 0.750. The first-order valence-electron chi connectivity index (χ1n) is 4.11. The Morgan fingerprint density at radius 3 is 2.58 bits per heavy atom. The number of nitrogens with zero attached hydrogens (tertiary/aromatic N) is 1. The number of rotatable bonds is 4. The Morgan fingerprint density at radius 1 is 1.58 bits per heavy atom. The van der Waals surface area contributed by atoms with E-state index in [4.69, 9.17) is 5.73 Å². The summed E-state index contributed by atoms with van der Waals surface area (Å²) < 4.78 is 0. The molecule has 0 rings (SSSR count). The molecule has 3 N–H and O–H groups in total. The van der Waals surface area contributed by atoms with Gasteiger partial charge in [0.25, 0.3) is 0 Å². The van der Waals surface area contributed by atoms with Gasteiger partial charge in [0.2, 0.25) is 0 Å². The highest BCUT2D eigenvalue weighted by atomic mass is 32.1. The van der Waals surface area contributed by atoms with Crippen LogP contribution in [-0.4, -0.2) is 10.8 Å². The number of hydrogen-bond acceptors (Lipinski definition) is 2. The Hall–Kier alpha value is -0.640. The molecule has 3 nitrogen and oxygen atoms in total. The van der Waals surface area contributed by atoms with Gasteiger partial charge >= 0.3 is 0 Å². The third kappa shape index (κ3) is 7.47. The van der Waals surface area contributed by atoms with E-state index in [2.05, 4.69) is 36.6 Å². The van der Waals surface area contributed by atoms with Crippen LogP contribution in [0.2, 0.25) is 0 Å². The van der Waals surface area contributed by atoms with Gasteiger partial charge in [0.1, 0.15) is 0 Å². The first-order valence-corrected chi connectivity index (χ1v) is 4.51. The molecule has 0 fully saturated rings. The lowest BCUT2D eigenvalue weighted by atomic mass is 10.1. The van der Waals surface area contributed by atoms with Crippen molar-refractivity contribution < 1.29 is 0 Å². The second kappa shape index (κ2) is 5.94. The average molecular weight is 187 g/mol. The third-order valence-electron chi connectivity index (χ3n) is 1.44. The maximum absolute atomic E-state index is 5.21. The summed E-state index contributed by atoms with van der Waals surface area (Å²) in [6.07, 6.45) is 2.14. The first-order chi connectivity index (χ1) is 5.52. The second-order valence-electron chi connectivity index (χ2n) is 3.26. The zero-order valence-electron chi connectivity index (χ0n) is 7.92. The zero-order valence-corrected chi connectivity index (χ0v) is 8.74. The van der Waals surface area contributed by atoms with Crippen molar-refractivity contribution in [2.24, 2.45) is 16.8 Å². The number of hydrogen-bond donors (Lipinski definition) is 2. The Labute approximate surface area is 79.4 Å². The molecule has 0 bridgehead atoms. The lowest BCUT2D eigenvalue weighted by Gasteiger charge is -2.03. The molecule has 12 heavy (non-hydrogen) atoms. The van der Waals surface area contributed by atoms with Crippen LogP contribution in [0.25, 0.3) is 0 Å². The molecule has 0 radical (unpaired) electrons. The number of thiocarbonyl (C=S) groups is 1. The van der Waals surface area contributed by atoms with Crippen molar-refractivity contribution in [2.45, 2.75) is 33.6 Å². The van der Waals surface area contributed by atoms with Gasteiger partial charge in [-0.2, -0.15) is 5.10 Å². The fourth-order valence-corrected chi connectivity index (χ4v) is 0.750. The van der Waals surface area contributed by atoms with E-state index >= 15 is 0 Å². The topological polar surface area (TPSA) is 50.4 Å². The predicted molar refractivity (Wildman–Crippen MR) is 57.1 cm³/mol. The molecule has 0 aliphatic carbocycles. The molecule has 0 heterocycles. The molecule has 0 atom stereocenters. The van der Waals surface area contributed by atoms with E-state index in [1.807, 2.05) is 6.92 Å². The summed E-state index contributed by atoms with van der Waals surface area (Å²) >= 11 is 4.61. The molecule has 0 saturated heterocycles. The molecule has 0 aromatic carbocycles. The van der Waals surface area contributed by atoms with Crippen molar-refractivity contribution in [1.82, 2.24) is 5.43 Å². The number of hydrazone groups is 1. The van der Waals surface area contributed by atoms with Gasteiger partial charge in [-0.3, -0.25) is 5.43 Å².